The minimum atomic E-state index is 0.0362. The van der Waals surface area contributed by atoms with Gasteiger partial charge in [-0.1, -0.05) is 24.3 Å². The van der Waals surface area contributed by atoms with Crippen LogP contribution in [0.4, 0.5) is 0 Å². The largest absolute Gasteiger partial charge is 0.392 e. The molecule has 0 aliphatic carbocycles. The molecule has 114 valence electrons. The molecule has 0 aliphatic rings. The zero-order chi connectivity index (χ0) is 15.8. The highest BCUT2D eigenvalue weighted by Gasteiger charge is 2.14. The van der Waals surface area contributed by atoms with Crippen LogP contribution in [0.1, 0.15) is 11.1 Å². The number of aliphatic hydroxyl groups excluding tert-OH is 1. The van der Waals surface area contributed by atoms with Crippen LogP contribution < -0.4 is 0 Å². The summed E-state index contributed by atoms with van der Waals surface area (Å²) in [5.41, 5.74) is 6.13. The molecule has 6 heteroatoms. The molecule has 0 unspecified atom stereocenters. The molecule has 4 rings (SSSR count). The number of nitrogens with one attached hydrogen (secondary N) is 1. The average Bonchev–Trinajstić information content (AvgIpc) is 3.20. The normalized spacial score (nSPS) is 11.2. The Morgan fingerprint density at radius 1 is 1.17 bits per heavy atom. The molecule has 0 fully saturated rings. The van der Waals surface area contributed by atoms with Crippen LogP contribution in [-0.2, 0) is 6.61 Å². The smallest absolute Gasteiger partial charge is 0.200 e. The third-order valence-corrected chi connectivity index (χ3v) is 4.82. The van der Waals surface area contributed by atoms with Crippen molar-refractivity contribution in [1.82, 2.24) is 20.2 Å². The summed E-state index contributed by atoms with van der Waals surface area (Å²) in [5, 5.41) is 18.5. The van der Waals surface area contributed by atoms with Crippen LogP contribution in [0.25, 0.3) is 33.0 Å². The highest BCUT2D eigenvalue weighted by Crippen LogP contribution is 2.32. The Morgan fingerprint density at radius 3 is 2.70 bits per heavy atom. The lowest BCUT2D eigenvalue weighted by atomic mass is 10.1. The van der Waals surface area contributed by atoms with Gasteiger partial charge in [-0.2, -0.15) is 5.10 Å². The zero-order valence-corrected chi connectivity index (χ0v) is 13.3. The van der Waals surface area contributed by atoms with Gasteiger partial charge in [-0.3, -0.25) is 5.10 Å². The SMILES string of the molecule is Cc1ccsc1-c1[nH]nc2ncc(-c3ccc(CO)cc3)nc12. The van der Waals surface area contributed by atoms with Crippen molar-refractivity contribution in [1.29, 1.82) is 0 Å². The van der Waals surface area contributed by atoms with Gasteiger partial charge >= 0.3 is 0 Å². The summed E-state index contributed by atoms with van der Waals surface area (Å²) in [5.74, 6) is 0. The van der Waals surface area contributed by atoms with Gasteiger partial charge < -0.3 is 5.11 Å². The van der Waals surface area contributed by atoms with E-state index < -0.39 is 0 Å². The first-order valence-electron chi connectivity index (χ1n) is 7.22. The minimum absolute atomic E-state index is 0.0362. The van der Waals surface area contributed by atoms with Crippen molar-refractivity contribution in [3.8, 4) is 21.8 Å². The van der Waals surface area contributed by atoms with E-state index in [-0.39, 0.29) is 6.61 Å². The number of benzene rings is 1. The molecule has 23 heavy (non-hydrogen) atoms. The molecule has 0 atom stereocenters. The average molecular weight is 322 g/mol. The number of nitrogens with zero attached hydrogens (tertiary/aromatic N) is 3. The van der Waals surface area contributed by atoms with E-state index in [0.29, 0.717) is 5.65 Å². The van der Waals surface area contributed by atoms with E-state index in [1.54, 1.807) is 17.5 Å². The van der Waals surface area contributed by atoms with Gasteiger partial charge in [0.15, 0.2) is 5.65 Å². The predicted molar refractivity (Wildman–Crippen MR) is 91.1 cm³/mol. The molecular formula is C17H14N4OS. The van der Waals surface area contributed by atoms with E-state index in [2.05, 4.69) is 33.6 Å². The molecule has 0 saturated heterocycles. The second-order valence-electron chi connectivity index (χ2n) is 5.31. The van der Waals surface area contributed by atoms with Gasteiger partial charge in [0, 0.05) is 5.56 Å². The van der Waals surface area contributed by atoms with Crippen molar-refractivity contribution in [2.75, 3.05) is 0 Å². The molecule has 0 radical (unpaired) electrons. The Balaban J connectivity index is 1.85. The summed E-state index contributed by atoms with van der Waals surface area (Å²) in [6.45, 7) is 2.11. The monoisotopic (exact) mass is 322 g/mol. The van der Waals surface area contributed by atoms with E-state index in [0.717, 1.165) is 32.9 Å². The summed E-state index contributed by atoms with van der Waals surface area (Å²) in [4.78, 5) is 10.3. The lowest BCUT2D eigenvalue weighted by Crippen LogP contribution is -1.89. The molecule has 0 amide bonds. The number of aromatic nitrogens is 4. The van der Waals surface area contributed by atoms with Crippen LogP contribution in [0, 0.1) is 6.92 Å². The molecule has 3 heterocycles. The molecule has 5 nitrogen and oxygen atoms in total. The first-order valence-corrected chi connectivity index (χ1v) is 8.10. The van der Waals surface area contributed by atoms with Gasteiger partial charge in [0.25, 0.3) is 0 Å². The number of aromatic amines is 1. The standard InChI is InChI=1S/C17H14N4OS/c1-10-6-7-23-16(10)14-15-17(21-20-14)18-8-13(19-15)12-4-2-11(9-22)3-5-12/h2-8,22H,9H2,1H3,(H,18,20,21). The predicted octanol–water partition coefficient (Wildman–Crippen LogP) is 3.55. The first-order chi connectivity index (χ1) is 11.3. The van der Waals surface area contributed by atoms with Crippen molar-refractivity contribution in [2.24, 2.45) is 0 Å². The van der Waals surface area contributed by atoms with E-state index in [4.69, 9.17) is 10.1 Å². The maximum Gasteiger partial charge on any atom is 0.200 e. The molecule has 0 spiro atoms. The van der Waals surface area contributed by atoms with Crippen LogP contribution >= 0.6 is 11.3 Å². The molecular weight excluding hydrogens is 308 g/mol. The Bertz CT molecular complexity index is 972. The summed E-state index contributed by atoms with van der Waals surface area (Å²) in [7, 11) is 0. The quantitative estimate of drug-likeness (QED) is 0.605. The molecule has 0 aliphatic heterocycles. The van der Waals surface area contributed by atoms with Gasteiger partial charge in [0.05, 0.1) is 23.4 Å². The lowest BCUT2D eigenvalue weighted by Gasteiger charge is -2.03. The van der Waals surface area contributed by atoms with Crippen molar-refractivity contribution < 1.29 is 5.11 Å². The van der Waals surface area contributed by atoms with E-state index in [1.165, 1.54) is 5.56 Å². The zero-order valence-electron chi connectivity index (χ0n) is 12.4. The molecule has 3 aromatic heterocycles. The summed E-state index contributed by atoms with van der Waals surface area (Å²) < 4.78 is 0. The van der Waals surface area contributed by atoms with E-state index in [1.807, 2.05) is 24.3 Å². The molecule has 0 saturated carbocycles. The Labute approximate surface area is 136 Å². The van der Waals surface area contributed by atoms with Crippen LogP contribution in [0.15, 0.2) is 41.9 Å². The number of rotatable bonds is 3. The summed E-state index contributed by atoms with van der Waals surface area (Å²) in [6, 6.07) is 9.74. The van der Waals surface area contributed by atoms with Gasteiger partial charge in [-0.25, -0.2) is 9.97 Å². The fraction of sp³-hybridized carbons (Fsp3) is 0.118. The van der Waals surface area contributed by atoms with Crippen molar-refractivity contribution in [3.63, 3.8) is 0 Å². The molecule has 0 bridgehead atoms. The van der Waals surface area contributed by atoms with Gasteiger partial charge in [-0.05, 0) is 29.5 Å². The van der Waals surface area contributed by atoms with Crippen molar-refractivity contribution in [2.45, 2.75) is 13.5 Å². The number of aliphatic hydroxyl groups is 1. The molecule has 2 N–H and O–H groups in total. The van der Waals surface area contributed by atoms with Gasteiger partial charge in [0.1, 0.15) is 11.2 Å². The lowest BCUT2D eigenvalue weighted by molar-refractivity contribution is 0.282. The second-order valence-corrected chi connectivity index (χ2v) is 6.23. The first kappa shape index (κ1) is 14.0. The number of aryl methyl sites for hydroxylation is 1. The summed E-state index contributed by atoms with van der Waals surface area (Å²) >= 11 is 1.66. The number of hydrogen-bond donors (Lipinski definition) is 2. The Hall–Kier alpha value is -2.57. The minimum Gasteiger partial charge on any atom is -0.392 e. The maximum atomic E-state index is 9.14. The van der Waals surface area contributed by atoms with E-state index in [9.17, 15) is 0 Å². The molecule has 4 aromatic rings. The van der Waals surface area contributed by atoms with E-state index >= 15 is 0 Å². The Morgan fingerprint density at radius 2 is 2.00 bits per heavy atom. The van der Waals surface area contributed by atoms with Crippen LogP contribution in [-0.4, -0.2) is 25.3 Å². The topological polar surface area (TPSA) is 74.7 Å². The van der Waals surface area contributed by atoms with Crippen molar-refractivity contribution >= 4 is 22.5 Å². The fourth-order valence-corrected chi connectivity index (χ4v) is 3.42. The summed E-state index contributed by atoms with van der Waals surface area (Å²) in [6.07, 6.45) is 1.72. The number of H-pyrrole nitrogens is 1. The third kappa shape index (κ3) is 2.42. The maximum absolute atomic E-state index is 9.14. The Kier molecular flexibility index (Phi) is 3.40. The number of thiophene rings is 1. The van der Waals surface area contributed by atoms with Crippen LogP contribution in [0.5, 0.6) is 0 Å². The fourth-order valence-electron chi connectivity index (χ4n) is 2.50. The van der Waals surface area contributed by atoms with Crippen molar-refractivity contribution in [3.05, 3.63) is 53.0 Å². The van der Waals surface area contributed by atoms with Crippen LogP contribution in [0.2, 0.25) is 0 Å². The van der Waals surface area contributed by atoms with Crippen LogP contribution in [0.3, 0.4) is 0 Å². The highest BCUT2D eigenvalue weighted by atomic mass is 32.1. The number of fused-ring (bicyclic) bond motifs is 1. The second kappa shape index (κ2) is 5.57. The highest BCUT2D eigenvalue weighted by molar-refractivity contribution is 7.13. The van der Waals surface area contributed by atoms with Gasteiger partial charge in [0.2, 0.25) is 0 Å². The molecule has 1 aromatic carbocycles. The third-order valence-electron chi connectivity index (χ3n) is 3.79. The van der Waals surface area contributed by atoms with Gasteiger partial charge in [-0.15, -0.1) is 11.3 Å². The number of hydrogen-bond acceptors (Lipinski definition) is 5.